The van der Waals surface area contributed by atoms with Crippen LogP contribution >= 0.6 is 0 Å². The summed E-state index contributed by atoms with van der Waals surface area (Å²) in [5.74, 6) is 0.638. The number of rotatable bonds is 5. The average molecular weight is 494 g/mol. The molecular formula is C25H21F3N6O2. The number of nitrogens with one attached hydrogen (secondary N) is 1. The molecule has 11 heteroatoms. The molecule has 0 amide bonds. The van der Waals surface area contributed by atoms with Crippen LogP contribution in [-0.2, 0) is 19.8 Å². The third-order valence-corrected chi connectivity index (χ3v) is 5.95. The lowest BCUT2D eigenvalue weighted by Gasteiger charge is -2.10. The summed E-state index contributed by atoms with van der Waals surface area (Å²) in [5.41, 5.74) is 3.59. The van der Waals surface area contributed by atoms with E-state index in [0.717, 1.165) is 22.9 Å². The maximum absolute atomic E-state index is 13.0. The number of fused-ring (bicyclic) bond motifs is 1. The van der Waals surface area contributed by atoms with Gasteiger partial charge in [-0.25, -0.2) is 14.8 Å². The summed E-state index contributed by atoms with van der Waals surface area (Å²) in [4.78, 5) is 28.0. The Bertz CT molecular complexity index is 1630. The number of ether oxygens (including phenoxy) is 1. The fraction of sp³-hybridized carbons (Fsp3) is 0.200. The molecule has 4 aromatic heterocycles. The number of hydrogen-bond acceptors (Lipinski definition) is 5. The van der Waals surface area contributed by atoms with Crippen molar-refractivity contribution in [3.63, 3.8) is 0 Å². The molecule has 0 aliphatic heterocycles. The number of nitrogens with zero attached hydrogens (tertiary/aromatic N) is 5. The molecule has 1 N–H and O–H groups in total. The Balaban J connectivity index is 1.49. The Kier molecular flexibility index (Phi) is 5.62. The Hall–Kier alpha value is -4.41. The number of halogens is 3. The van der Waals surface area contributed by atoms with E-state index in [1.54, 1.807) is 47.3 Å². The van der Waals surface area contributed by atoms with Gasteiger partial charge < -0.3 is 14.3 Å². The molecule has 0 radical (unpaired) electrons. The van der Waals surface area contributed by atoms with Gasteiger partial charge in [0.2, 0.25) is 5.88 Å². The maximum atomic E-state index is 13.0. The molecule has 184 valence electrons. The van der Waals surface area contributed by atoms with Crippen molar-refractivity contribution in [2.24, 2.45) is 7.05 Å². The largest absolute Gasteiger partial charge is 0.480 e. The second-order valence-corrected chi connectivity index (χ2v) is 8.37. The molecule has 36 heavy (non-hydrogen) atoms. The predicted octanol–water partition coefficient (Wildman–Crippen LogP) is 4.57. The Morgan fingerprint density at radius 3 is 2.53 bits per heavy atom. The second-order valence-electron chi connectivity index (χ2n) is 8.37. The SMILES string of the molecule is COc1nccc(C)c1-c1cc2c(cn1)[nH]c(=O)n2Cc1ccc(-c2nc(C(F)(F)F)cn2C)cc1. The van der Waals surface area contributed by atoms with Gasteiger partial charge in [0.15, 0.2) is 5.69 Å². The average Bonchev–Trinajstić information content (AvgIpc) is 3.39. The number of H-pyrrole nitrogens is 1. The summed E-state index contributed by atoms with van der Waals surface area (Å²) in [7, 11) is 3.05. The summed E-state index contributed by atoms with van der Waals surface area (Å²) in [6.07, 6.45) is -0.310. The highest BCUT2D eigenvalue weighted by Gasteiger charge is 2.34. The lowest BCUT2D eigenvalue weighted by atomic mass is 10.1. The first-order valence-electron chi connectivity index (χ1n) is 10.9. The first-order chi connectivity index (χ1) is 17.2. The van der Waals surface area contributed by atoms with Crippen LogP contribution in [0.3, 0.4) is 0 Å². The molecule has 4 heterocycles. The van der Waals surface area contributed by atoms with Gasteiger partial charge in [-0.15, -0.1) is 0 Å². The number of imidazole rings is 2. The molecule has 5 rings (SSSR count). The third-order valence-electron chi connectivity index (χ3n) is 5.95. The first-order valence-corrected chi connectivity index (χ1v) is 10.9. The lowest BCUT2D eigenvalue weighted by Crippen LogP contribution is -2.17. The van der Waals surface area contributed by atoms with Crippen molar-refractivity contribution >= 4 is 11.0 Å². The molecule has 0 saturated heterocycles. The predicted molar refractivity (Wildman–Crippen MR) is 128 cm³/mol. The molecule has 0 saturated carbocycles. The van der Waals surface area contributed by atoms with E-state index in [-0.39, 0.29) is 18.1 Å². The van der Waals surface area contributed by atoms with Gasteiger partial charge in [0.25, 0.3) is 0 Å². The minimum absolute atomic E-state index is 0.203. The van der Waals surface area contributed by atoms with Crippen LogP contribution in [0.4, 0.5) is 13.2 Å². The fourth-order valence-corrected chi connectivity index (χ4v) is 4.16. The van der Waals surface area contributed by atoms with Gasteiger partial charge in [-0.1, -0.05) is 24.3 Å². The highest BCUT2D eigenvalue weighted by molar-refractivity contribution is 5.81. The molecule has 1 aromatic carbocycles. The summed E-state index contributed by atoms with van der Waals surface area (Å²) < 4.78 is 47.4. The van der Waals surface area contributed by atoms with Gasteiger partial charge in [0.05, 0.1) is 42.1 Å². The van der Waals surface area contributed by atoms with E-state index >= 15 is 0 Å². The number of benzene rings is 1. The van der Waals surface area contributed by atoms with Crippen LogP contribution in [0.15, 0.2) is 59.8 Å². The molecule has 5 aromatic rings. The number of hydrogen-bond donors (Lipinski definition) is 1. The number of aromatic amines is 1. The van der Waals surface area contributed by atoms with Gasteiger partial charge >= 0.3 is 11.9 Å². The van der Waals surface area contributed by atoms with Crippen LogP contribution in [0, 0.1) is 6.92 Å². The van der Waals surface area contributed by atoms with Gasteiger partial charge in [-0.3, -0.25) is 9.55 Å². The standard InChI is InChI=1S/C25H21F3N6O2/c1-14-8-9-29-23(36-3)21(14)17-10-19-18(11-30-17)31-24(35)34(19)12-15-4-6-16(7-5-15)22-32-20(13-33(22)2)25(26,27)28/h4-11,13H,12H2,1-3H3,(H,31,35). The monoisotopic (exact) mass is 494 g/mol. The number of aryl methyl sites for hydroxylation is 2. The van der Waals surface area contributed by atoms with E-state index in [1.807, 2.05) is 13.0 Å². The van der Waals surface area contributed by atoms with Crippen LogP contribution in [-0.4, -0.2) is 36.2 Å². The molecule has 0 aliphatic rings. The van der Waals surface area contributed by atoms with Crippen molar-refractivity contribution in [3.8, 4) is 28.5 Å². The second kappa shape index (κ2) is 8.67. The maximum Gasteiger partial charge on any atom is 0.434 e. The van der Waals surface area contributed by atoms with E-state index in [1.165, 1.54) is 18.7 Å². The van der Waals surface area contributed by atoms with Crippen LogP contribution < -0.4 is 10.4 Å². The van der Waals surface area contributed by atoms with E-state index in [0.29, 0.717) is 28.2 Å². The van der Waals surface area contributed by atoms with Crippen molar-refractivity contribution in [1.29, 1.82) is 0 Å². The Morgan fingerprint density at radius 2 is 1.86 bits per heavy atom. The van der Waals surface area contributed by atoms with Gasteiger partial charge in [0, 0.05) is 25.0 Å². The number of alkyl halides is 3. The minimum atomic E-state index is -4.52. The van der Waals surface area contributed by atoms with E-state index in [4.69, 9.17) is 4.74 Å². The zero-order valence-corrected chi connectivity index (χ0v) is 19.6. The zero-order valence-electron chi connectivity index (χ0n) is 19.6. The van der Waals surface area contributed by atoms with Crippen molar-refractivity contribution < 1.29 is 17.9 Å². The van der Waals surface area contributed by atoms with Crippen LogP contribution in [0.2, 0.25) is 0 Å². The van der Waals surface area contributed by atoms with E-state index < -0.39 is 11.9 Å². The molecule has 0 bridgehead atoms. The van der Waals surface area contributed by atoms with E-state index in [2.05, 4.69) is 19.9 Å². The van der Waals surface area contributed by atoms with Crippen molar-refractivity contribution in [2.45, 2.75) is 19.6 Å². The highest BCUT2D eigenvalue weighted by Crippen LogP contribution is 2.32. The molecule has 8 nitrogen and oxygen atoms in total. The fourth-order valence-electron chi connectivity index (χ4n) is 4.16. The smallest absolute Gasteiger partial charge is 0.434 e. The van der Waals surface area contributed by atoms with Crippen LogP contribution in [0.1, 0.15) is 16.8 Å². The molecule has 0 spiro atoms. The van der Waals surface area contributed by atoms with E-state index in [9.17, 15) is 18.0 Å². The van der Waals surface area contributed by atoms with Crippen molar-refractivity contribution in [1.82, 2.24) is 29.1 Å². The topological polar surface area (TPSA) is 90.6 Å². The highest BCUT2D eigenvalue weighted by atomic mass is 19.4. The van der Waals surface area contributed by atoms with Crippen LogP contribution in [0.25, 0.3) is 33.7 Å². The molecule has 0 aliphatic carbocycles. The van der Waals surface area contributed by atoms with Gasteiger partial charge in [0.1, 0.15) is 5.82 Å². The molecule has 0 atom stereocenters. The first kappa shape index (κ1) is 23.3. The number of aromatic nitrogens is 6. The number of methoxy groups -OCH3 is 1. The van der Waals surface area contributed by atoms with Gasteiger partial charge in [-0.2, -0.15) is 13.2 Å². The summed E-state index contributed by atoms with van der Waals surface area (Å²) in [5, 5.41) is 0. The number of pyridine rings is 2. The van der Waals surface area contributed by atoms with Crippen LogP contribution in [0.5, 0.6) is 5.88 Å². The summed E-state index contributed by atoms with van der Waals surface area (Å²) in [6.45, 7) is 2.18. The lowest BCUT2D eigenvalue weighted by molar-refractivity contribution is -0.140. The van der Waals surface area contributed by atoms with Gasteiger partial charge in [-0.05, 0) is 30.2 Å². The normalized spacial score (nSPS) is 11.8. The Morgan fingerprint density at radius 1 is 1.11 bits per heavy atom. The summed E-state index contributed by atoms with van der Waals surface area (Å²) in [6, 6.07) is 10.6. The molecule has 0 fully saturated rings. The third kappa shape index (κ3) is 4.12. The van der Waals surface area contributed by atoms with Crippen molar-refractivity contribution in [2.75, 3.05) is 7.11 Å². The van der Waals surface area contributed by atoms with Crippen molar-refractivity contribution in [3.05, 3.63) is 82.3 Å². The summed E-state index contributed by atoms with van der Waals surface area (Å²) >= 11 is 0. The molecular weight excluding hydrogens is 473 g/mol. The zero-order chi connectivity index (χ0) is 25.6. The molecule has 0 unspecified atom stereocenters. The minimum Gasteiger partial charge on any atom is -0.480 e. The quantitative estimate of drug-likeness (QED) is 0.387. The Labute approximate surface area is 203 Å².